The van der Waals surface area contributed by atoms with Crippen LogP contribution in [-0.4, -0.2) is 22.0 Å². The highest BCUT2D eigenvalue weighted by atomic mass is 35.5. The smallest absolute Gasteiger partial charge is 0.345 e. The van der Waals surface area contributed by atoms with Crippen LogP contribution in [0.1, 0.15) is 5.56 Å². The number of nitrogens with one attached hydrogen (secondary N) is 1. The van der Waals surface area contributed by atoms with Gasteiger partial charge in [-0.1, -0.05) is 47.1 Å². The third kappa shape index (κ3) is 3.13. The first kappa shape index (κ1) is 19.0. The van der Waals surface area contributed by atoms with Crippen molar-refractivity contribution in [1.82, 2.24) is 14.9 Å². The number of hydrogen-bond donors (Lipinski definition) is 1. The van der Waals surface area contributed by atoms with Crippen molar-refractivity contribution in [2.24, 2.45) is 0 Å². The van der Waals surface area contributed by atoms with Crippen molar-refractivity contribution in [3.05, 3.63) is 73.9 Å². The summed E-state index contributed by atoms with van der Waals surface area (Å²) in [6.07, 6.45) is 0. The van der Waals surface area contributed by atoms with Gasteiger partial charge in [-0.15, -0.1) is 10.2 Å². The van der Waals surface area contributed by atoms with Gasteiger partial charge in [-0.3, -0.25) is 5.43 Å². The Morgan fingerprint density at radius 2 is 2.00 bits per heavy atom. The summed E-state index contributed by atoms with van der Waals surface area (Å²) in [5, 5.41) is 12.4. The van der Waals surface area contributed by atoms with E-state index < -0.39 is 5.63 Å². The molecule has 0 bridgehead atoms. The average molecular weight is 459 g/mol. The molecule has 10 heteroatoms. The fraction of sp³-hybridized carbons (Fsp3) is 0.0500. The normalized spacial score (nSPS) is 13.0. The number of hydrogen-bond acceptors (Lipinski definition) is 7. The van der Waals surface area contributed by atoms with Crippen LogP contribution in [0, 0.1) is 0 Å². The molecule has 5 rings (SSSR count). The maximum absolute atomic E-state index is 12.7. The molecule has 0 saturated carbocycles. The van der Waals surface area contributed by atoms with Gasteiger partial charge in [0.1, 0.15) is 0 Å². The Kier molecular flexibility index (Phi) is 4.69. The number of ether oxygens (including phenoxy) is 1. The lowest BCUT2D eigenvalue weighted by atomic mass is 10.1. The maximum atomic E-state index is 12.7. The quantitative estimate of drug-likeness (QED) is 0.431. The molecule has 150 valence electrons. The molecule has 0 spiro atoms. The van der Waals surface area contributed by atoms with Crippen LogP contribution in [0.2, 0.25) is 10.0 Å². The van der Waals surface area contributed by atoms with Crippen LogP contribution in [0.4, 0.5) is 0 Å². The summed E-state index contributed by atoms with van der Waals surface area (Å²) in [4.78, 5) is 12.7. The summed E-state index contributed by atoms with van der Waals surface area (Å²) in [7, 11) is 1.53. The van der Waals surface area contributed by atoms with E-state index in [0.29, 0.717) is 43.6 Å². The van der Waals surface area contributed by atoms with Crippen LogP contribution in [-0.2, 0) is 0 Å². The first-order valence-electron chi connectivity index (χ1n) is 8.71. The molecule has 2 aromatic carbocycles. The second-order valence-corrected chi connectivity index (χ2v) is 8.01. The van der Waals surface area contributed by atoms with Gasteiger partial charge in [0.2, 0.25) is 5.16 Å². The number of aromatic nitrogens is 3. The zero-order chi connectivity index (χ0) is 20.8. The highest BCUT2D eigenvalue weighted by molar-refractivity contribution is 8.02. The number of rotatable bonds is 3. The fourth-order valence-corrected chi connectivity index (χ4v) is 4.14. The van der Waals surface area contributed by atoms with Crippen molar-refractivity contribution in [1.29, 1.82) is 0 Å². The van der Waals surface area contributed by atoms with Crippen LogP contribution >= 0.6 is 35.0 Å². The molecular formula is C20H12Cl2N4O3S. The lowest BCUT2D eigenvalue weighted by molar-refractivity contribution is 0.406. The predicted molar refractivity (Wildman–Crippen MR) is 118 cm³/mol. The van der Waals surface area contributed by atoms with Gasteiger partial charge >= 0.3 is 5.63 Å². The van der Waals surface area contributed by atoms with Crippen molar-refractivity contribution < 1.29 is 9.15 Å². The van der Waals surface area contributed by atoms with E-state index in [2.05, 4.69) is 15.6 Å². The van der Waals surface area contributed by atoms with E-state index in [4.69, 9.17) is 32.4 Å². The third-order valence-corrected chi connectivity index (χ3v) is 6.13. The minimum atomic E-state index is -0.487. The van der Waals surface area contributed by atoms with Crippen molar-refractivity contribution >= 4 is 51.6 Å². The Bertz CT molecular complexity index is 1400. The van der Waals surface area contributed by atoms with Gasteiger partial charge in [0.25, 0.3) is 0 Å². The molecule has 7 nitrogen and oxygen atoms in total. The SMILES string of the molecule is COc1cccc2cc(C3=CSc4nnc(-c5ccc(Cl)c(Cl)c5)n4N3)c(=O)oc12. The van der Waals surface area contributed by atoms with E-state index in [1.165, 1.54) is 18.9 Å². The zero-order valence-electron chi connectivity index (χ0n) is 15.3. The first-order chi connectivity index (χ1) is 14.5. The van der Waals surface area contributed by atoms with Gasteiger partial charge in [0.05, 0.1) is 28.4 Å². The highest BCUT2D eigenvalue weighted by Crippen LogP contribution is 2.34. The highest BCUT2D eigenvalue weighted by Gasteiger charge is 2.22. The molecule has 30 heavy (non-hydrogen) atoms. The molecule has 0 amide bonds. The lowest BCUT2D eigenvalue weighted by Crippen LogP contribution is -2.21. The number of benzene rings is 2. The van der Waals surface area contributed by atoms with E-state index in [1.54, 1.807) is 40.4 Å². The van der Waals surface area contributed by atoms with Crippen LogP contribution in [0.3, 0.4) is 0 Å². The number of nitrogens with zero attached hydrogens (tertiary/aromatic N) is 3. The van der Waals surface area contributed by atoms with Gasteiger partial charge in [0.15, 0.2) is 17.2 Å². The maximum Gasteiger partial charge on any atom is 0.345 e. The number of thioether (sulfide) groups is 1. The number of para-hydroxylation sites is 1. The molecular weight excluding hydrogens is 447 g/mol. The minimum absolute atomic E-state index is 0.377. The molecule has 1 aliphatic heterocycles. The van der Waals surface area contributed by atoms with Crippen molar-refractivity contribution in [3.8, 4) is 17.1 Å². The summed E-state index contributed by atoms with van der Waals surface area (Å²) in [5.74, 6) is 1.03. The molecule has 0 unspecified atom stereocenters. The average Bonchev–Trinajstić information content (AvgIpc) is 3.18. The Labute approximate surface area is 184 Å². The molecule has 2 aromatic heterocycles. The second kappa shape index (κ2) is 7.39. The predicted octanol–water partition coefficient (Wildman–Crippen LogP) is 5.01. The van der Waals surface area contributed by atoms with Gasteiger partial charge in [-0.2, -0.15) is 0 Å². The molecule has 0 radical (unpaired) electrons. The molecule has 1 aliphatic rings. The Morgan fingerprint density at radius 3 is 2.80 bits per heavy atom. The Hall–Kier alpha value is -2.94. The molecule has 4 aromatic rings. The van der Waals surface area contributed by atoms with Crippen molar-refractivity contribution in [3.63, 3.8) is 0 Å². The van der Waals surface area contributed by atoms with Gasteiger partial charge < -0.3 is 9.15 Å². The zero-order valence-corrected chi connectivity index (χ0v) is 17.7. The van der Waals surface area contributed by atoms with Crippen LogP contribution in [0.15, 0.2) is 62.2 Å². The second-order valence-electron chi connectivity index (χ2n) is 6.36. The topological polar surface area (TPSA) is 82.2 Å². The largest absolute Gasteiger partial charge is 0.493 e. The molecule has 3 heterocycles. The third-order valence-electron chi connectivity index (χ3n) is 4.56. The number of methoxy groups -OCH3 is 1. The van der Waals surface area contributed by atoms with Gasteiger partial charge in [-0.25, -0.2) is 9.47 Å². The standard InChI is InChI=1S/C20H12Cl2N4O3S/c1-28-16-4-2-3-10-7-12(19(27)29-17(10)16)15-9-30-20-24-23-18(26(20)25-15)11-5-6-13(21)14(22)8-11/h2-9,25H,1H3. The fourth-order valence-electron chi connectivity index (χ4n) is 3.12. The number of fused-ring (bicyclic) bond motifs is 2. The molecule has 0 atom stereocenters. The Balaban J connectivity index is 1.57. The van der Waals surface area contributed by atoms with E-state index in [1.807, 2.05) is 12.1 Å². The van der Waals surface area contributed by atoms with Crippen molar-refractivity contribution in [2.45, 2.75) is 5.16 Å². The minimum Gasteiger partial charge on any atom is -0.493 e. The van der Waals surface area contributed by atoms with Gasteiger partial charge in [-0.05, 0) is 30.3 Å². The summed E-state index contributed by atoms with van der Waals surface area (Å²) >= 11 is 13.5. The van der Waals surface area contributed by atoms with Crippen LogP contribution in [0.25, 0.3) is 28.1 Å². The van der Waals surface area contributed by atoms with E-state index >= 15 is 0 Å². The molecule has 1 N–H and O–H groups in total. The summed E-state index contributed by atoms with van der Waals surface area (Å²) in [6, 6.07) is 12.4. The van der Waals surface area contributed by atoms with E-state index in [-0.39, 0.29) is 0 Å². The summed E-state index contributed by atoms with van der Waals surface area (Å²) in [6.45, 7) is 0. The van der Waals surface area contributed by atoms with Crippen molar-refractivity contribution in [2.75, 3.05) is 12.5 Å². The summed E-state index contributed by atoms with van der Waals surface area (Å²) in [5.41, 5.74) is 4.78. The molecule has 0 aliphatic carbocycles. The molecule has 0 fully saturated rings. The van der Waals surface area contributed by atoms with Crippen LogP contribution in [0.5, 0.6) is 5.75 Å². The Morgan fingerprint density at radius 1 is 1.13 bits per heavy atom. The number of halogens is 2. The van der Waals surface area contributed by atoms with Gasteiger partial charge in [0, 0.05) is 16.4 Å². The monoisotopic (exact) mass is 458 g/mol. The van der Waals surface area contributed by atoms with Crippen LogP contribution < -0.4 is 15.8 Å². The lowest BCUT2D eigenvalue weighted by Gasteiger charge is -2.18. The first-order valence-corrected chi connectivity index (χ1v) is 10.3. The summed E-state index contributed by atoms with van der Waals surface area (Å²) < 4.78 is 12.5. The van der Waals surface area contributed by atoms with E-state index in [0.717, 1.165) is 10.9 Å². The van der Waals surface area contributed by atoms with E-state index in [9.17, 15) is 4.79 Å². The molecule has 0 saturated heterocycles.